The van der Waals surface area contributed by atoms with Gasteiger partial charge in [0.25, 0.3) is 0 Å². The molecule has 0 aliphatic rings. The maximum atomic E-state index is 13.6. The van der Waals surface area contributed by atoms with E-state index in [1.807, 2.05) is 37.4 Å². The van der Waals surface area contributed by atoms with Gasteiger partial charge in [-0.3, -0.25) is 4.98 Å². The van der Waals surface area contributed by atoms with Crippen LogP contribution >= 0.6 is 0 Å². The summed E-state index contributed by atoms with van der Waals surface area (Å²) in [6.07, 6.45) is 5.24. The van der Waals surface area contributed by atoms with Crippen molar-refractivity contribution in [2.45, 2.75) is 13.8 Å². The molecule has 0 amide bonds. The summed E-state index contributed by atoms with van der Waals surface area (Å²) in [7, 11) is 0. The third-order valence-electron chi connectivity index (χ3n) is 4.15. The van der Waals surface area contributed by atoms with Crippen LogP contribution in [0.4, 0.5) is 4.39 Å². The van der Waals surface area contributed by atoms with E-state index in [9.17, 15) is 4.39 Å². The van der Waals surface area contributed by atoms with Crippen molar-refractivity contribution in [3.8, 4) is 22.4 Å². The molecule has 0 saturated heterocycles. The summed E-state index contributed by atoms with van der Waals surface area (Å²) in [5.74, 6) is -0.212. The maximum Gasteiger partial charge on any atom is 0.155 e. The number of aryl methyl sites for hydroxylation is 2. The summed E-state index contributed by atoms with van der Waals surface area (Å²) < 4.78 is 15.3. The van der Waals surface area contributed by atoms with E-state index in [1.165, 1.54) is 12.4 Å². The van der Waals surface area contributed by atoms with Crippen molar-refractivity contribution in [2.24, 2.45) is 0 Å². The topological polar surface area (TPSA) is 43.1 Å². The third-order valence-corrected chi connectivity index (χ3v) is 4.15. The summed E-state index contributed by atoms with van der Waals surface area (Å²) in [5.41, 5.74) is 6.22. The van der Waals surface area contributed by atoms with Gasteiger partial charge >= 0.3 is 0 Å². The monoisotopic (exact) mass is 318 g/mol. The van der Waals surface area contributed by atoms with E-state index in [2.05, 4.69) is 15.1 Å². The molecule has 3 aromatic heterocycles. The van der Waals surface area contributed by atoms with Crippen molar-refractivity contribution in [1.29, 1.82) is 0 Å². The molecule has 0 aliphatic carbocycles. The minimum absolute atomic E-state index is 0.212. The number of fused-ring (bicyclic) bond motifs is 1. The van der Waals surface area contributed by atoms with Crippen molar-refractivity contribution >= 4 is 5.65 Å². The molecule has 0 atom stereocenters. The first kappa shape index (κ1) is 14.5. The average molecular weight is 318 g/mol. The van der Waals surface area contributed by atoms with E-state index in [0.29, 0.717) is 5.56 Å². The molecule has 0 fully saturated rings. The summed E-state index contributed by atoms with van der Waals surface area (Å²) in [5, 5.41) is 4.21. The lowest BCUT2D eigenvalue weighted by molar-refractivity contribution is 0.619. The second-order valence-electron chi connectivity index (χ2n) is 5.80. The zero-order valence-electron chi connectivity index (χ0n) is 13.4. The Kier molecular flexibility index (Phi) is 3.34. The largest absolute Gasteiger partial charge is 0.256 e. The van der Waals surface area contributed by atoms with Gasteiger partial charge in [0.15, 0.2) is 5.65 Å². The molecule has 5 heteroatoms. The van der Waals surface area contributed by atoms with Crippen LogP contribution in [-0.2, 0) is 0 Å². The summed E-state index contributed by atoms with van der Waals surface area (Å²) in [4.78, 5) is 8.75. The summed E-state index contributed by atoms with van der Waals surface area (Å²) >= 11 is 0. The minimum atomic E-state index is -0.212. The molecule has 0 saturated carbocycles. The number of halogens is 1. The van der Waals surface area contributed by atoms with Crippen LogP contribution in [0.5, 0.6) is 0 Å². The van der Waals surface area contributed by atoms with Crippen LogP contribution in [-0.4, -0.2) is 19.6 Å². The molecule has 1 aromatic carbocycles. The van der Waals surface area contributed by atoms with Crippen LogP contribution in [0.3, 0.4) is 0 Å². The number of hydrogen-bond donors (Lipinski definition) is 0. The number of benzene rings is 1. The van der Waals surface area contributed by atoms with Crippen molar-refractivity contribution in [3.63, 3.8) is 0 Å². The molecule has 4 nitrogen and oxygen atoms in total. The Balaban J connectivity index is 1.95. The number of pyridine rings is 2. The molecule has 0 N–H and O–H groups in total. The number of rotatable bonds is 2. The van der Waals surface area contributed by atoms with Gasteiger partial charge in [-0.2, -0.15) is 5.10 Å². The van der Waals surface area contributed by atoms with Gasteiger partial charge in [-0.15, -0.1) is 0 Å². The highest BCUT2D eigenvalue weighted by molar-refractivity contribution is 5.82. The third kappa shape index (κ3) is 2.34. The molecule has 0 radical (unpaired) electrons. The number of hydrogen-bond acceptors (Lipinski definition) is 3. The highest BCUT2D eigenvalue weighted by Crippen LogP contribution is 2.33. The Hall–Kier alpha value is -3.08. The Morgan fingerprint density at radius 1 is 0.958 bits per heavy atom. The van der Waals surface area contributed by atoms with Crippen LogP contribution < -0.4 is 0 Å². The molecule has 4 rings (SSSR count). The molecule has 24 heavy (non-hydrogen) atoms. The molecule has 3 heterocycles. The first-order chi connectivity index (χ1) is 11.6. The van der Waals surface area contributed by atoms with E-state index < -0.39 is 0 Å². The average Bonchev–Trinajstić information content (AvgIpc) is 3.04. The molecule has 0 spiro atoms. The van der Waals surface area contributed by atoms with Gasteiger partial charge in [-0.1, -0.05) is 6.07 Å². The van der Waals surface area contributed by atoms with E-state index in [4.69, 9.17) is 0 Å². The molecular weight excluding hydrogens is 303 g/mol. The minimum Gasteiger partial charge on any atom is -0.256 e. The Bertz CT molecular complexity index is 1050. The Morgan fingerprint density at radius 3 is 2.67 bits per heavy atom. The fraction of sp³-hybridized carbons (Fsp3) is 0.105. The fourth-order valence-electron chi connectivity index (χ4n) is 2.88. The molecule has 0 unspecified atom stereocenters. The van der Waals surface area contributed by atoms with Gasteiger partial charge in [-0.25, -0.2) is 13.9 Å². The first-order valence-electron chi connectivity index (χ1n) is 7.65. The Morgan fingerprint density at radius 2 is 1.83 bits per heavy atom. The fourth-order valence-corrected chi connectivity index (χ4v) is 2.88. The first-order valence-corrected chi connectivity index (χ1v) is 7.65. The molecule has 0 bridgehead atoms. The second kappa shape index (κ2) is 5.53. The van der Waals surface area contributed by atoms with Crippen molar-refractivity contribution in [1.82, 2.24) is 19.6 Å². The molecule has 118 valence electrons. The van der Waals surface area contributed by atoms with Crippen molar-refractivity contribution < 1.29 is 4.39 Å². The number of aromatic nitrogens is 4. The molecule has 4 aromatic rings. The normalized spacial score (nSPS) is 11.1. The SMILES string of the molecule is Cc1cc(-c2ncccc2-c2cn3ncnc3cc2C)ccc1F. The van der Waals surface area contributed by atoms with E-state index >= 15 is 0 Å². The standard InChI is InChI=1S/C19H15FN4/c1-12-9-18-22-11-23-24(18)10-16(12)15-4-3-7-21-19(15)14-5-6-17(20)13(2)8-14/h3-11H,1-2H3. The van der Waals surface area contributed by atoms with Gasteiger partial charge in [0.1, 0.15) is 12.1 Å². The van der Waals surface area contributed by atoms with Gasteiger partial charge in [0, 0.05) is 29.1 Å². The number of nitrogens with zero attached hydrogens (tertiary/aromatic N) is 4. The second-order valence-corrected chi connectivity index (χ2v) is 5.80. The maximum absolute atomic E-state index is 13.6. The molecule has 0 aliphatic heterocycles. The predicted octanol–water partition coefficient (Wildman–Crippen LogP) is 4.21. The van der Waals surface area contributed by atoms with Crippen LogP contribution in [0.2, 0.25) is 0 Å². The van der Waals surface area contributed by atoms with E-state index in [-0.39, 0.29) is 5.82 Å². The van der Waals surface area contributed by atoms with Crippen LogP contribution in [0.15, 0.2) is 55.1 Å². The van der Waals surface area contributed by atoms with E-state index in [1.54, 1.807) is 23.7 Å². The van der Waals surface area contributed by atoms with Gasteiger partial charge in [0.2, 0.25) is 0 Å². The lowest BCUT2D eigenvalue weighted by Gasteiger charge is -2.12. The van der Waals surface area contributed by atoms with Crippen molar-refractivity contribution in [3.05, 3.63) is 72.1 Å². The van der Waals surface area contributed by atoms with E-state index in [0.717, 1.165) is 33.6 Å². The molecular formula is C19H15FN4. The predicted molar refractivity (Wildman–Crippen MR) is 91.1 cm³/mol. The van der Waals surface area contributed by atoms with Gasteiger partial charge in [-0.05, 0) is 55.3 Å². The van der Waals surface area contributed by atoms with Crippen LogP contribution in [0.25, 0.3) is 28.0 Å². The zero-order chi connectivity index (χ0) is 16.7. The highest BCUT2D eigenvalue weighted by atomic mass is 19.1. The van der Waals surface area contributed by atoms with Gasteiger partial charge in [0.05, 0.1) is 5.69 Å². The highest BCUT2D eigenvalue weighted by Gasteiger charge is 2.13. The zero-order valence-corrected chi connectivity index (χ0v) is 13.4. The Labute approximate surface area is 138 Å². The van der Waals surface area contributed by atoms with Crippen LogP contribution in [0, 0.1) is 19.7 Å². The summed E-state index contributed by atoms with van der Waals surface area (Å²) in [6.45, 7) is 3.80. The lowest BCUT2D eigenvalue weighted by atomic mass is 9.97. The van der Waals surface area contributed by atoms with Crippen LogP contribution in [0.1, 0.15) is 11.1 Å². The lowest BCUT2D eigenvalue weighted by Crippen LogP contribution is -1.96. The summed E-state index contributed by atoms with van der Waals surface area (Å²) in [6, 6.07) is 11.0. The smallest absolute Gasteiger partial charge is 0.155 e. The quantitative estimate of drug-likeness (QED) is 0.556. The van der Waals surface area contributed by atoms with Gasteiger partial charge < -0.3 is 0 Å². The van der Waals surface area contributed by atoms with Crippen molar-refractivity contribution in [2.75, 3.05) is 0 Å².